The first kappa shape index (κ1) is 13.3. The summed E-state index contributed by atoms with van der Waals surface area (Å²) in [5.41, 5.74) is 1.01. The van der Waals surface area contributed by atoms with Crippen molar-refractivity contribution in [3.05, 3.63) is 22.9 Å². The Morgan fingerprint density at radius 1 is 1.47 bits per heavy atom. The van der Waals surface area contributed by atoms with Gasteiger partial charge in [0, 0.05) is 30.4 Å². The van der Waals surface area contributed by atoms with Gasteiger partial charge in [-0.3, -0.25) is 4.98 Å². The minimum Gasteiger partial charge on any atom is -0.378 e. The first-order valence-corrected chi connectivity index (χ1v) is 7.57. The summed E-state index contributed by atoms with van der Waals surface area (Å²) in [5, 5.41) is 0. The van der Waals surface area contributed by atoms with Gasteiger partial charge in [0.15, 0.2) is 0 Å². The molecule has 1 aromatic heterocycles. The molecule has 2 aliphatic heterocycles. The lowest BCUT2D eigenvalue weighted by Crippen LogP contribution is -2.58. The highest BCUT2D eigenvalue weighted by molar-refractivity contribution is 9.10. The van der Waals surface area contributed by atoms with E-state index < -0.39 is 0 Å². The summed E-state index contributed by atoms with van der Waals surface area (Å²) in [4.78, 5) is 6.62. The van der Waals surface area contributed by atoms with Crippen LogP contribution >= 0.6 is 15.9 Å². The Hall–Kier alpha value is -0.650. The van der Waals surface area contributed by atoms with Crippen LogP contribution in [0.15, 0.2) is 22.9 Å². The highest BCUT2D eigenvalue weighted by Gasteiger charge is 2.41. The Morgan fingerprint density at radius 2 is 2.37 bits per heavy atom. The average Bonchev–Trinajstić information content (AvgIpc) is 2.38. The molecule has 1 aromatic rings. The highest BCUT2D eigenvalue weighted by Crippen LogP contribution is 2.32. The summed E-state index contributed by atoms with van der Waals surface area (Å²) in [6.45, 7) is 5.48. The van der Waals surface area contributed by atoms with Gasteiger partial charge in [-0.05, 0) is 41.8 Å². The van der Waals surface area contributed by atoms with Crippen molar-refractivity contribution in [3.63, 3.8) is 0 Å². The number of aromatic nitrogens is 1. The molecule has 3 rings (SSSR count). The number of hydrogen-bond donors (Lipinski definition) is 0. The lowest BCUT2D eigenvalue weighted by molar-refractivity contribution is -0.160. The molecular formula is C14H19BrN2O2. The molecule has 3 heterocycles. The molecule has 2 fully saturated rings. The number of morpholine rings is 1. The summed E-state index contributed by atoms with van der Waals surface area (Å²) in [7, 11) is 0. The molecule has 0 aliphatic carbocycles. The Balaban J connectivity index is 1.82. The van der Waals surface area contributed by atoms with Crippen molar-refractivity contribution >= 4 is 21.6 Å². The van der Waals surface area contributed by atoms with Crippen molar-refractivity contribution in [1.82, 2.24) is 4.98 Å². The van der Waals surface area contributed by atoms with Crippen molar-refractivity contribution < 1.29 is 9.47 Å². The molecule has 0 amide bonds. The van der Waals surface area contributed by atoms with Crippen LogP contribution in [0.2, 0.25) is 0 Å². The number of rotatable bonds is 1. The number of hydrogen-bond acceptors (Lipinski definition) is 4. The molecule has 0 radical (unpaired) electrons. The fourth-order valence-electron chi connectivity index (χ4n) is 3.04. The minimum absolute atomic E-state index is 0.141. The second kappa shape index (κ2) is 5.38. The zero-order valence-electron chi connectivity index (χ0n) is 11.1. The third-order valence-electron chi connectivity index (χ3n) is 3.75. The third kappa shape index (κ3) is 2.93. The number of pyridine rings is 1. The van der Waals surface area contributed by atoms with Crippen molar-refractivity contribution in [1.29, 1.82) is 0 Å². The van der Waals surface area contributed by atoms with Gasteiger partial charge in [0.2, 0.25) is 0 Å². The summed E-state index contributed by atoms with van der Waals surface area (Å²) in [6, 6.07) is 2.11. The van der Waals surface area contributed by atoms with Gasteiger partial charge in [-0.2, -0.15) is 0 Å². The zero-order valence-corrected chi connectivity index (χ0v) is 12.7. The molecule has 0 N–H and O–H groups in total. The van der Waals surface area contributed by atoms with Gasteiger partial charge >= 0.3 is 0 Å². The second-order valence-electron chi connectivity index (χ2n) is 5.51. The number of nitrogens with zero attached hydrogens (tertiary/aromatic N) is 2. The highest BCUT2D eigenvalue weighted by atomic mass is 79.9. The number of anilines is 1. The molecule has 0 aromatic carbocycles. The molecule has 4 nitrogen and oxygen atoms in total. The van der Waals surface area contributed by atoms with Crippen LogP contribution in [0.3, 0.4) is 0 Å². The standard InChI is InChI=1S/C14H19BrN2O2/c1-11-8-17(13-5-12(15)6-16-7-13)9-14(19-11)3-2-4-18-10-14/h5-7,11H,2-4,8-10H2,1H3. The van der Waals surface area contributed by atoms with Crippen LogP contribution in [0.5, 0.6) is 0 Å². The maximum Gasteiger partial charge on any atom is 0.109 e. The van der Waals surface area contributed by atoms with Gasteiger partial charge in [-0.25, -0.2) is 0 Å². The first-order chi connectivity index (χ1) is 9.17. The predicted octanol–water partition coefficient (Wildman–Crippen LogP) is 2.62. The van der Waals surface area contributed by atoms with Crippen LogP contribution in [0, 0.1) is 0 Å². The maximum absolute atomic E-state index is 6.20. The molecule has 0 saturated carbocycles. The predicted molar refractivity (Wildman–Crippen MR) is 77.5 cm³/mol. The van der Waals surface area contributed by atoms with E-state index >= 15 is 0 Å². The Morgan fingerprint density at radius 3 is 3.11 bits per heavy atom. The summed E-state index contributed by atoms with van der Waals surface area (Å²) >= 11 is 3.49. The molecular weight excluding hydrogens is 308 g/mol. The maximum atomic E-state index is 6.20. The zero-order chi connectivity index (χ0) is 13.3. The largest absolute Gasteiger partial charge is 0.378 e. The average molecular weight is 327 g/mol. The van der Waals surface area contributed by atoms with Crippen LogP contribution in [0.25, 0.3) is 0 Å². The van der Waals surface area contributed by atoms with Crippen molar-refractivity contribution in [2.45, 2.75) is 31.5 Å². The van der Waals surface area contributed by atoms with Crippen LogP contribution in [-0.2, 0) is 9.47 Å². The van der Waals surface area contributed by atoms with E-state index in [-0.39, 0.29) is 11.7 Å². The molecule has 2 saturated heterocycles. The van der Waals surface area contributed by atoms with Crippen LogP contribution < -0.4 is 4.90 Å². The quantitative estimate of drug-likeness (QED) is 0.794. The van der Waals surface area contributed by atoms with Gasteiger partial charge in [0.25, 0.3) is 0 Å². The Labute approximate surface area is 122 Å². The van der Waals surface area contributed by atoms with Gasteiger partial charge in [-0.1, -0.05) is 0 Å². The van der Waals surface area contributed by atoms with Gasteiger partial charge in [0.1, 0.15) is 5.60 Å². The molecule has 1 spiro atoms. The number of ether oxygens (including phenoxy) is 2. The van der Waals surface area contributed by atoms with Gasteiger partial charge in [-0.15, -0.1) is 0 Å². The monoisotopic (exact) mass is 326 g/mol. The van der Waals surface area contributed by atoms with E-state index in [1.165, 1.54) is 0 Å². The van der Waals surface area contributed by atoms with E-state index in [0.29, 0.717) is 6.61 Å². The normalized spacial score (nSPS) is 31.7. The van der Waals surface area contributed by atoms with Crippen molar-refractivity contribution in [2.24, 2.45) is 0 Å². The van der Waals surface area contributed by atoms with E-state index in [2.05, 4.69) is 38.8 Å². The fraction of sp³-hybridized carbons (Fsp3) is 0.643. The molecule has 2 atom stereocenters. The van der Waals surface area contributed by atoms with Crippen molar-refractivity contribution in [3.8, 4) is 0 Å². The van der Waals surface area contributed by atoms with Crippen LogP contribution in [0.4, 0.5) is 5.69 Å². The van der Waals surface area contributed by atoms with E-state index in [0.717, 1.165) is 42.7 Å². The van der Waals surface area contributed by atoms with E-state index in [4.69, 9.17) is 9.47 Å². The topological polar surface area (TPSA) is 34.6 Å². The lowest BCUT2D eigenvalue weighted by Gasteiger charge is -2.48. The summed E-state index contributed by atoms with van der Waals surface area (Å²) in [5.74, 6) is 0. The number of halogens is 1. The molecule has 0 bridgehead atoms. The third-order valence-corrected chi connectivity index (χ3v) is 4.18. The molecule has 2 unspecified atom stereocenters. The second-order valence-corrected chi connectivity index (χ2v) is 6.43. The molecule has 104 valence electrons. The Kier molecular flexibility index (Phi) is 3.78. The van der Waals surface area contributed by atoms with E-state index in [1.807, 2.05) is 12.4 Å². The van der Waals surface area contributed by atoms with Crippen molar-refractivity contribution in [2.75, 3.05) is 31.2 Å². The minimum atomic E-state index is -0.141. The van der Waals surface area contributed by atoms with Crippen LogP contribution in [0.1, 0.15) is 19.8 Å². The summed E-state index contributed by atoms with van der Waals surface area (Å²) < 4.78 is 12.9. The van der Waals surface area contributed by atoms with E-state index in [9.17, 15) is 0 Å². The van der Waals surface area contributed by atoms with Gasteiger partial charge in [0.05, 0.1) is 24.6 Å². The van der Waals surface area contributed by atoms with E-state index in [1.54, 1.807) is 0 Å². The SMILES string of the molecule is CC1CN(c2cncc(Br)c2)CC2(CCCOC2)O1. The summed E-state index contributed by atoms with van der Waals surface area (Å²) in [6.07, 6.45) is 6.11. The van der Waals surface area contributed by atoms with Crippen LogP contribution in [-0.4, -0.2) is 43.0 Å². The molecule has 2 aliphatic rings. The fourth-order valence-corrected chi connectivity index (χ4v) is 3.39. The molecule has 5 heteroatoms. The smallest absolute Gasteiger partial charge is 0.109 e. The van der Waals surface area contributed by atoms with Gasteiger partial charge < -0.3 is 14.4 Å². The Bertz CT molecular complexity index is 449. The lowest BCUT2D eigenvalue weighted by atomic mass is 9.93. The molecule has 19 heavy (non-hydrogen) atoms. The first-order valence-electron chi connectivity index (χ1n) is 6.78.